The lowest BCUT2D eigenvalue weighted by Crippen LogP contribution is -2.27. The number of allylic oxidation sites excluding steroid dienone is 1. The maximum Gasteiger partial charge on any atom is 0.251 e. The second-order valence-corrected chi connectivity index (χ2v) is 4.39. The predicted molar refractivity (Wildman–Crippen MR) is 80.0 cm³/mol. The smallest absolute Gasteiger partial charge is 0.251 e. The van der Waals surface area contributed by atoms with Crippen molar-refractivity contribution in [1.82, 2.24) is 5.32 Å². The molecule has 0 radical (unpaired) electrons. The Morgan fingerprint density at radius 2 is 2.00 bits per heavy atom. The van der Waals surface area contributed by atoms with Crippen LogP contribution in [0.3, 0.4) is 0 Å². The van der Waals surface area contributed by atoms with E-state index in [0.717, 1.165) is 12.8 Å². The average Bonchev–Trinajstić information content (AvgIpc) is 2.49. The van der Waals surface area contributed by atoms with Crippen LogP contribution in [0.25, 0.3) is 0 Å². The van der Waals surface area contributed by atoms with Crippen molar-refractivity contribution < 1.29 is 14.3 Å². The van der Waals surface area contributed by atoms with Gasteiger partial charge in [0.2, 0.25) is 0 Å². The molecule has 0 atom stereocenters. The lowest BCUT2D eigenvalue weighted by molar-refractivity contribution is 0.0692. The quantitative estimate of drug-likeness (QED) is 0.527. The van der Waals surface area contributed by atoms with Gasteiger partial charge >= 0.3 is 0 Å². The van der Waals surface area contributed by atoms with E-state index in [0.29, 0.717) is 31.9 Å². The fraction of sp³-hybridized carbons (Fsp3) is 0.438. The summed E-state index contributed by atoms with van der Waals surface area (Å²) < 4.78 is 10.1. The van der Waals surface area contributed by atoms with Crippen molar-refractivity contribution in [3.05, 3.63) is 48.0 Å². The van der Waals surface area contributed by atoms with Crippen molar-refractivity contribution in [2.24, 2.45) is 0 Å². The highest BCUT2D eigenvalue weighted by molar-refractivity contribution is 5.94. The average molecular weight is 277 g/mol. The third-order valence-corrected chi connectivity index (χ3v) is 2.82. The third-order valence-electron chi connectivity index (χ3n) is 2.82. The van der Waals surface area contributed by atoms with Crippen LogP contribution in [-0.2, 0) is 15.9 Å². The molecule has 4 nitrogen and oxygen atoms in total. The molecule has 110 valence electrons. The van der Waals surface area contributed by atoms with Crippen molar-refractivity contribution in [2.45, 2.75) is 12.8 Å². The Morgan fingerprint density at radius 1 is 1.25 bits per heavy atom. The molecule has 0 bridgehead atoms. The van der Waals surface area contributed by atoms with E-state index in [9.17, 15) is 4.79 Å². The van der Waals surface area contributed by atoms with E-state index >= 15 is 0 Å². The molecule has 0 saturated heterocycles. The van der Waals surface area contributed by atoms with Crippen molar-refractivity contribution in [3.63, 3.8) is 0 Å². The second-order valence-electron chi connectivity index (χ2n) is 4.39. The zero-order chi connectivity index (χ0) is 14.6. The standard InChI is InChI=1S/C16H23NO3/c1-3-4-5-14-6-8-15(9-7-14)16(18)17-10-11-20-13-12-19-2/h3,6-9H,1,4-5,10-13H2,2H3,(H,17,18). The molecule has 1 rings (SSSR count). The van der Waals surface area contributed by atoms with Crippen LogP contribution in [-0.4, -0.2) is 39.4 Å². The van der Waals surface area contributed by atoms with Crippen LogP contribution < -0.4 is 5.32 Å². The molecule has 4 heteroatoms. The highest BCUT2D eigenvalue weighted by Crippen LogP contribution is 2.07. The molecule has 0 aliphatic heterocycles. The number of carbonyl (C=O) groups is 1. The first-order valence-corrected chi connectivity index (χ1v) is 6.82. The molecule has 1 aromatic carbocycles. The van der Waals surface area contributed by atoms with Gasteiger partial charge in [0.25, 0.3) is 5.91 Å². The number of hydrogen-bond acceptors (Lipinski definition) is 3. The van der Waals surface area contributed by atoms with Gasteiger partial charge in [0, 0.05) is 19.2 Å². The molecule has 20 heavy (non-hydrogen) atoms. The lowest BCUT2D eigenvalue weighted by Gasteiger charge is -2.07. The largest absolute Gasteiger partial charge is 0.382 e. The van der Waals surface area contributed by atoms with Gasteiger partial charge < -0.3 is 14.8 Å². The molecular formula is C16H23NO3. The lowest BCUT2D eigenvalue weighted by atomic mass is 10.1. The molecule has 1 N–H and O–H groups in total. The van der Waals surface area contributed by atoms with Crippen molar-refractivity contribution >= 4 is 5.91 Å². The predicted octanol–water partition coefficient (Wildman–Crippen LogP) is 2.20. The summed E-state index contributed by atoms with van der Waals surface area (Å²) in [6.45, 7) is 5.81. The molecule has 0 unspecified atom stereocenters. The van der Waals surface area contributed by atoms with Gasteiger partial charge in [-0.2, -0.15) is 0 Å². The van der Waals surface area contributed by atoms with Gasteiger partial charge in [0.05, 0.1) is 19.8 Å². The summed E-state index contributed by atoms with van der Waals surface area (Å²) in [6.07, 6.45) is 3.80. The Hall–Kier alpha value is -1.65. The van der Waals surface area contributed by atoms with E-state index < -0.39 is 0 Å². The minimum Gasteiger partial charge on any atom is -0.382 e. The molecule has 1 aromatic rings. The fourth-order valence-corrected chi connectivity index (χ4v) is 1.67. The first-order valence-electron chi connectivity index (χ1n) is 6.82. The zero-order valence-corrected chi connectivity index (χ0v) is 12.1. The van der Waals surface area contributed by atoms with E-state index in [1.165, 1.54) is 5.56 Å². The molecule has 1 amide bonds. The van der Waals surface area contributed by atoms with E-state index in [1.54, 1.807) is 7.11 Å². The number of amides is 1. The Labute approximate surface area is 120 Å². The van der Waals surface area contributed by atoms with Crippen LogP contribution in [0.15, 0.2) is 36.9 Å². The van der Waals surface area contributed by atoms with Gasteiger partial charge in [0.1, 0.15) is 0 Å². The van der Waals surface area contributed by atoms with Gasteiger partial charge in [0.15, 0.2) is 0 Å². The minimum atomic E-state index is -0.0735. The van der Waals surface area contributed by atoms with Crippen LogP contribution >= 0.6 is 0 Å². The Kier molecular flexibility index (Phi) is 8.35. The number of rotatable bonds is 10. The van der Waals surface area contributed by atoms with Crippen LogP contribution in [0, 0.1) is 0 Å². The van der Waals surface area contributed by atoms with Gasteiger partial charge in [-0.05, 0) is 30.5 Å². The summed E-state index contributed by atoms with van der Waals surface area (Å²) in [5.41, 5.74) is 1.88. The topological polar surface area (TPSA) is 47.6 Å². The third kappa shape index (κ3) is 6.50. The van der Waals surface area contributed by atoms with Gasteiger partial charge in [-0.1, -0.05) is 18.2 Å². The van der Waals surface area contributed by atoms with Gasteiger partial charge in [-0.3, -0.25) is 4.79 Å². The maximum atomic E-state index is 11.9. The van der Waals surface area contributed by atoms with Crippen molar-refractivity contribution in [3.8, 4) is 0 Å². The maximum absolute atomic E-state index is 11.9. The molecule has 0 fully saturated rings. The van der Waals surface area contributed by atoms with Crippen LogP contribution in [0.1, 0.15) is 22.3 Å². The molecule has 0 spiro atoms. The number of ether oxygens (including phenoxy) is 2. The monoisotopic (exact) mass is 277 g/mol. The fourth-order valence-electron chi connectivity index (χ4n) is 1.67. The summed E-state index contributed by atoms with van der Waals surface area (Å²) in [6, 6.07) is 7.65. The first-order chi connectivity index (χ1) is 9.77. The van der Waals surface area contributed by atoms with Gasteiger partial charge in [-0.15, -0.1) is 6.58 Å². The molecule has 0 aliphatic rings. The van der Waals surface area contributed by atoms with Crippen molar-refractivity contribution in [2.75, 3.05) is 33.5 Å². The second kappa shape index (κ2) is 10.2. The number of nitrogens with one attached hydrogen (secondary N) is 1. The zero-order valence-electron chi connectivity index (χ0n) is 12.1. The summed E-state index contributed by atoms with van der Waals surface area (Å²) in [5, 5.41) is 2.82. The van der Waals surface area contributed by atoms with E-state index in [2.05, 4.69) is 11.9 Å². The summed E-state index contributed by atoms with van der Waals surface area (Å²) >= 11 is 0. The Balaban J connectivity index is 2.27. The molecule has 0 heterocycles. The van der Waals surface area contributed by atoms with E-state index in [1.807, 2.05) is 30.3 Å². The number of carbonyl (C=O) groups excluding carboxylic acids is 1. The van der Waals surface area contributed by atoms with Gasteiger partial charge in [-0.25, -0.2) is 0 Å². The first kappa shape index (κ1) is 16.4. The minimum absolute atomic E-state index is 0.0735. The van der Waals surface area contributed by atoms with Crippen LogP contribution in [0.4, 0.5) is 0 Å². The molecular weight excluding hydrogens is 254 g/mol. The summed E-state index contributed by atoms with van der Waals surface area (Å²) in [5.74, 6) is -0.0735. The van der Waals surface area contributed by atoms with Crippen molar-refractivity contribution in [1.29, 1.82) is 0 Å². The Morgan fingerprint density at radius 3 is 2.65 bits per heavy atom. The van der Waals surface area contributed by atoms with Crippen LogP contribution in [0.2, 0.25) is 0 Å². The number of benzene rings is 1. The number of aryl methyl sites for hydroxylation is 1. The normalized spacial score (nSPS) is 10.2. The van der Waals surface area contributed by atoms with E-state index in [4.69, 9.17) is 9.47 Å². The number of hydrogen-bond donors (Lipinski definition) is 1. The summed E-state index contributed by atoms with van der Waals surface area (Å²) in [4.78, 5) is 11.9. The highest BCUT2D eigenvalue weighted by atomic mass is 16.5. The molecule has 0 aromatic heterocycles. The summed E-state index contributed by atoms with van der Waals surface area (Å²) in [7, 11) is 1.63. The highest BCUT2D eigenvalue weighted by Gasteiger charge is 2.04. The van der Waals surface area contributed by atoms with E-state index in [-0.39, 0.29) is 5.91 Å². The van der Waals surface area contributed by atoms with Crippen LogP contribution in [0.5, 0.6) is 0 Å². The molecule has 0 saturated carbocycles. The number of methoxy groups -OCH3 is 1. The molecule has 0 aliphatic carbocycles. The SMILES string of the molecule is C=CCCc1ccc(C(=O)NCCOCCOC)cc1. The Bertz CT molecular complexity index is 401.